The van der Waals surface area contributed by atoms with Crippen molar-refractivity contribution in [3.05, 3.63) is 58.9 Å². The predicted octanol–water partition coefficient (Wildman–Crippen LogP) is 4.22. The number of rotatable bonds is 17. The third-order valence-electron chi connectivity index (χ3n) is 6.01. The van der Waals surface area contributed by atoms with E-state index in [-0.39, 0.29) is 30.9 Å². The number of carbonyl (C=O) groups is 2. The van der Waals surface area contributed by atoms with E-state index in [0.29, 0.717) is 24.0 Å². The molecule has 4 N–H and O–H groups in total. The molecule has 1 amide bonds. The average molecular weight is 514 g/mol. The number of ketones is 1. The van der Waals surface area contributed by atoms with Crippen molar-refractivity contribution in [2.75, 3.05) is 19.6 Å². The van der Waals surface area contributed by atoms with E-state index in [0.717, 1.165) is 31.5 Å². The number of nitrogens with zero attached hydrogens (tertiary/aromatic N) is 2. The van der Waals surface area contributed by atoms with Crippen LogP contribution in [0.4, 0.5) is 0 Å². The summed E-state index contributed by atoms with van der Waals surface area (Å²) in [5.74, 6) is -0.422. The Morgan fingerprint density at radius 1 is 1.11 bits per heavy atom. The number of nitrogens with one attached hydrogen (secondary N) is 1. The molecule has 1 aromatic carbocycles. The molecular weight excluding hydrogens is 470 g/mol. The molecule has 0 saturated heterocycles. The highest BCUT2D eigenvalue weighted by Gasteiger charge is 2.28. The Hall–Kier alpha value is -2.99. The van der Waals surface area contributed by atoms with Crippen LogP contribution in [0, 0.1) is 18.3 Å². The molecule has 1 aromatic rings. The number of benzene rings is 1. The number of aliphatic hydroxyl groups excluding tert-OH is 3. The van der Waals surface area contributed by atoms with E-state index >= 15 is 0 Å². The zero-order valence-corrected chi connectivity index (χ0v) is 22.6. The van der Waals surface area contributed by atoms with Crippen LogP contribution in [0.3, 0.4) is 0 Å². The van der Waals surface area contributed by atoms with Crippen LogP contribution in [0.25, 0.3) is 0 Å². The fourth-order valence-corrected chi connectivity index (χ4v) is 4.08. The summed E-state index contributed by atoms with van der Waals surface area (Å²) >= 11 is 0. The number of carbonyl (C=O) groups excluding carboxylic acids is 2. The lowest BCUT2D eigenvalue weighted by molar-refractivity contribution is -0.00797. The van der Waals surface area contributed by atoms with Crippen molar-refractivity contribution in [1.29, 1.82) is 5.26 Å². The summed E-state index contributed by atoms with van der Waals surface area (Å²) in [6, 6.07) is 6.16. The Bertz CT molecular complexity index is 961. The molecule has 0 bridgehead atoms. The molecule has 0 aliphatic rings. The first kappa shape index (κ1) is 32.0. The molecule has 8 nitrogen and oxygen atoms in total. The SMILES string of the molecule is C/C=C(O)\C=C/CCC(NC(=O)c1cc(C)cc(C(=O)CN(CCC)CCC)c1)C(O)C(O)CCC#N. The van der Waals surface area contributed by atoms with Gasteiger partial charge < -0.3 is 20.6 Å². The Morgan fingerprint density at radius 2 is 1.76 bits per heavy atom. The van der Waals surface area contributed by atoms with E-state index in [4.69, 9.17) is 5.26 Å². The Kier molecular flexibility index (Phi) is 15.1. The fraction of sp³-hybridized carbons (Fsp3) is 0.552. The highest BCUT2D eigenvalue weighted by molar-refractivity contribution is 6.01. The van der Waals surface area contributed by atoms with E-state index in [2.05, 4.69) is 24.1 Å². The molecule has 0 aliphatic heterocycles. The fourth-order valence-electron chi connectivity index (χ4n) is 4.08. The summed E-state index contributed by atoms with van der Waals surface area (Å²) in [6.07, 6.45) is 5.07. The Morgan fingerprint density at radius 3 is 2.35 bits per heavy atom. The summed E-state index contributed by atoms with van der Waals surface area (Å²) in [5, 5.41) is 42.3. The summed E-state index contributed by atoms with van der Waals surface area (Å²) in [4.78, 5) is 28.3. The number of aryl methyl sites for hydroxylation is 1. The lowest BCUT2D eigenvalue weighted by Crippen LogP contribution is -2.48. The van der Waals surface area contributed by atoms with Gasteiger partial charge in [-0.25, -0.2) is 0 Å². The van der Waals surface area contributed by atoms with Gasteiger partial charge >= 0.3 is 0 Å². The van der Waals surface area contributed by atoms with E-state index in [1.54, 1.807) is 31.2 Å². The molecule has 8 heteroatoms. The molecule has 3 unspecified atom stereocenters. The minimum atomic E-state index is -1.29. The largest absolute Gasteiger partial charge is 0.508 e. The van der Waals surface area contributed by atoms with Gasteiger partial charge in [0, 0.05) is 17.5 Å². The van der Waals surface area contributed by atoms with E-state index < -0.39 is 24.2 Å². The zero-order valence-electron chi connectivity index (χ0n) is 22.6. The lowest BCUT2D eigenvalue weighted by Gasteiger charge is -2.27. The lowest BCUT2D eigenvalue weighted by atomic mass is 9.96. The summed E-state index contributed by atoms with van der Waals surface area (Å²) in [7, 11) is 0. The Labute approximate surface area is 221 Å². The van der Waals surface area contributed by atoms with Gasteiger partial charge in [-0.1, -0.05) is 19.9 Å². The van der Waals surface area contributed by atoms with Crippen molar-refractivity contribution in [2.45, 2.75) is 84.5 Å². The molecule has 0 radical (unpaired) electrons. The first-order valence-electron chi connectivity index (χ1n) is 13.1. The summed E-state index contributed by atoms with van der Waals surface area (Å²) in [6.45, 7) is 9.60. The molecular formula is C29H43N3O5. The van der Waals surface area contributed by atoms with Crippen molar-refractivity contribution in [2.24, 2.45) is 0 Å². The predicted molar refractivity (Wildman–Crippen MR) is 145 cm³/mol. The van der Waals surface area contributed by atoms with Crippen molar-refractivity contribution < 1.29 is 24.9 Å². The number of amides is 1. The summed E-state index contributed by atoms with van der Waals surface area (Å²) in [5.41, 5.74) is 1.52. The second-order valence-corrected chi connectivity index (χ2v) is 9.31. The molecule has 3 atom stereocenters. The van der Waals surface area contributed by atoms with Crippen molar-refractivity contribution in [3.8, 4) is 6.07 Å². The first-order chi connectivity index (χ1) is 17.7. The topological polar surface area (TPSA) is 134 Å². The number of nitriles is 1. The molecule has 37 heavy (non-hydrogen) atoms. The maximum absolute atomic E-state index is 13.2. The average Bonchev–Trinajstić information content (AvgIpc) is 2.88. The zero-order chi connectivity index (χ0) is 27.8. The smallest absolute Gasteiger partial charge is 0.251 e. The number of hydrogen-bond acceptors (Lipinski definition) is 7. The third-order valence-corrected chi connectivity index (χ3v) is 6.01. The van der Waals surface area contributed by atoms with E-state index in [1.807, 2.05) is 13.0 Å². The molecule has 1 rings (SSSR count). The number of aliphatic hydroxyl groups is 3. The van der Waals surface area contributed by atoms with Crippen LogP contribution in [-0.2, 0) is 0 Å². The van der Waals surface area contributed by atoms with Gasteiger partial charge in [-0.2, -0.15) is 5.26 Å². The summed E-state index contributed by atoms with van der Waals surface area (Å²) < 4.78 is 0. The minimum absolute atomic E-state index is 0.0583. The van der Waals surface area contributed by atoms with Crippen LogP contribution < -0.4 is 5.32 Å². The van der Waals surface area contributed by atoms with Crippen LogP contribution in [-0.4, -0.2) is 69.8 Å². The number of hydrogen-bond donors (Lipinski definition) is 4. The second kappa shape index (κ2) is 17.5. The Balaban J connectivity index is 3.08. The van der Waals surface area contributed by atoms with Gasteiger partial charge in [-0.15, -0.1) is 0 Å². The second-order valence-electron chi connectivity index (χ2n) is 9.31. The van der Waals surface area contributed by atoms with Gasteiger partial charge in [-0.05, 0) is 95.0 Å². The first-order valence-corrected chi connectivity index (χ1v) is 13.1. The number of allylic oxidation sites excluding steroid dienone is 3. The van der Waals surface area contributed by atoms with Gasteiger partial charge in [0.05, 0.1) is 24.8 Å². The van der Waals surface area contributed by atoms with Crippen LogP contribution in [0.2, 0.25) is 0 Å². The molecule has 0 aromatic heterocycles. The monoisotopic (exact) mass is 513 g/mol. The maximum Gasteiger partial charge on any atom is 0.251 e. The standard InChI is InChI=1S/C29H43N3O5/c1-5-15-32(16-6-2)20-27(35)22-17-21(4)18-23(19-22)29(37)31-25(12-9-8-11-24(33)7-3)28(36)26(34)13-10-14-30/h7-8,11,17-19,25-26,28,33-34,36H,5-6,9-10,12-13,15-16,20H2,1-4H3,(H,31,37)/b11-8-,24-7+. The van der Waals surface area contributed by atoms with Gasteiger partial charge in [0.2, 0.25) is 0 Å². The van der Waals surface area contributed by atoms with Gasteiger partial charge in [0.15, 0.2) is 5.78 Å². The van der Waals surface area contributed by atoms with Crippen LogP contribution >= 0.6 is 0 Å². The van der Waals surface area contributed by atoms with Crippen molar-refractivity contribution in [3.63, 3.8) is 0 Å². The van der Waals surface area contributed by atoms with Gasteiger partial charge in [0.1, 0.15) is 11.9 Å². The molecule has 0 aliphatic carbocycles. The highest BCUT2D eigenvalue weighted by atomic mass is 16.3. The third kappa shape index (κ3) is 11.7. The van der Waals surface area contributed by atoms with Gasteiger partial charge in [-0.3, -0.25) is 14.5 Å². The van der Waals surface area contributed by atoms with Gasteiger partial charge in [0.25, 0.3) is 5.91 Å². The van der Waals surface area contributed by atoms with E-state index in [9.17, 15) is 24.9 Å². The highest BCUT2D eigenvalue weighted by Crippen LogP contribution is 2.16. The van der Waals surface area contributed by atoms with Crippen LogP contribution in [0.1, 0.15) is 85.6 Å². The van der Waals surface area contributed by atoms with E-state index in [1.165, 1.54) is 12.2 Å². The molecule has 0 spiro atoms. The normalized spacial score (nSPS) is 14.4. The van der Waals surface area contributed by atoms with Crippen LogP contribution in [0.5, 0.6) is 0 Å². The molecule has 0 saturated carbocycles. The van der Waals surface area contributed by atoms with Crippen molar-refractivity contribution >= 4 is 11.7 Å². The quantitative estimate of drug-likeness (QED) is 0.139. The molecule has 0 heterocycles. The minimum Gasteiger partial charge on any atom is -0.508 e. The molecule has 204 valence electrons. The molecule has 0 fully saturated rings. The van der Waals surface area contributed by atoms with Crippen LogP contribution in [0.15, 0.2) is 42.2 Å². The number of Topliss-reactive ketones (excluding diaryl/α,β-unsaturated/α-hetero) is 1. The maximum atomic E-state index is 13.2. The van der Waals surface area contributed by atoms with Crippen molar-refractivity contribution in [1.82, 2.24) is 10.2 Å².